The monoisotopic (exact) mass is 362 g/mol. The van der Waals surface area contributed by atoms with Crippen molar-refractivity contribution >= 4 is 29.0 Å². The van der Waals surface area contributed by atoms with Gasteiger partial charge < -0.3 is 25.2 Å². The zero-order valence-corrected chi connectivity index (χ0v) is 14.5. The molecule has 2 aromatic rings. The molecule has 0 saturated heterocycles. The first-order chi connectivity index (χ1) is 12.1. The average Bonchev–Trinajstić information content (AvgIpc) is 2.62. The van der Waals surface area contributed by atoms with E-state index < -0.39 is 12.1 Å². The Kier molecular flexibility index (Phi) is 5.31. The molecule has 0 unspecified atom stereocenters. The highest BCUT2D eigenvalue weighted by molar-refractivity contribution is 6.30. The van der Waals surface area contributed by atoms with Gasteiger partial charge in [0.15, 0.2) is 11.5 Å². The minimum atomic E-state index is -0.721. The Hall–Kier alpha value is -2.44. The SMILES string of the molecule is CC[C@@H](O)c1cc2c(cc1NC(=O)Nc1ccc(Cl)cc1)OCCO2. The topological polar surface area (TPSA) is 79.8 Å². The third kappa shape index (κ3) is 4.15. The van der Waals surface area contributed by atoms with Crippen molar-refractivity contribution in [2.45, 2.75) is 19.4 Å². The number of rotatable bonds is 4. The molecule has 0 fully saturated rings. The second kappa shape index (κ2) is 7.63. The summed E-state index contributed by atoms with van der Waals surface area (Å²) in [5.74, 6) is 1.11. The number of hydrogen-bond acceptors (Lipinski definition) is 4. The molecule has 25 heavy (non-hydrogen) atoms. The number of benzene rings is 2. The predicted octanol–water partition coefficient (Wildman–Crippen LogP) is 4.20. The minimum Gasteiger partial charge on any atom is -0.486 e. The first-order valence-electron chi connectivity index (χ1n) is 8.02. The third-order valence-corrected chi connectivity index (χ3v) is 4.06. The van der Waals surface area contributed by atoms with E-state index in [0.717, 1.165) is 0 Å². The quantitative estimate of drug-likeness (QED) is 0.761. The maximum absolute atomic E-state index is 12.3. The maximum atomic E-state index is 12.3. The lowest BCUT2D eigenvalue weighted by Gasteiger charge is -2.23. The van der Waals surface area contributed by atoms with Gasteiger partial charge in [-0.15, -0.1) is 0 Å². The Bertz CT molecular complexity index is 764. The first-order valence-corrected chi connectivity index (χ1v) is 8.39. The second-order valence-corrected chi connectivity index (χ2v) is 6.03. The number of hydrogen-bond donors (Lipinski definition) is 3. The molecule has 1 atom stereocenters. The summed E-state index contributed by atoms with van der Waals surface area (Å²) in [5, 5.41) is 16.3. The van der Waals surface area contributed by atoms with Crippen molar-refractivity contribution in [3.8, 4) is 11.5 Å². The molecular weight excluding hydrogens is 344 g/mol. The molecule has 0 bridgehead atoms. The number of amides is 2. The van der Waals surface area contributed by atoms with E-state index in [1.54, 1.807) is 36.4 Å². The summed E-state index contributed by atoms with van der Waals surface area (Å²) in [6.07, 6.45) is -0.214. The fraction of sp³-hybridized carbons (Fsp3) is 0.278. The standard InChI is InChI=1S/C18H19ClN2O4/c1-2-15(22)13-9-16-17(25-8-7-24-16)10-14(13)21-18(23)20-12-5-3-11(19)4-6-12/h3-6,9-10,15,22H,2,7-8H2,1H3,(H2,20,21,23)/t15-/m1/s1. The smallest absolute Gasteiger partial charge is 0.323 e. The van der Waals surface area contributed by atoms with Crippen LogP contribution < -0.4 is 20.1 Å². The van der Waals surface area contributed by atoms with Crippen molar-refractivity contribution in [2.75, 3.05) is 23.8 Å². The molecule has 3 N–H and O–H groups in total. The van der Waals surface area contributed by atoms with Crippen LogP contribution in [0.4, 0.5) is 16.2 Å². The fourth-order valence-corrected chi connectivity index (χ4v) is 2.65. The van der Waals surface area contributed by atoms with Gasteiger partial charge in [0, 0.05) is 22.3 Å². The molecule has 2 amide bonds. The van der Waals surface area contributed by atoms with E-state index in [0.29, 0.717) is 53.1 Å². The summed E-state index contributed by atoms with van der Waals surface area (Å²) in [7, 11) is 0. The van der Waals surface area contributed by atoms with Crippen LogP contribution in [-0.4, -0.2) is 24.4 Å². The van der Waals surface area contributed by atoms with Gasteiger partial charge in [0.1, 0.15) is 13.2 Å². The van der Waals surface area contributed by atoms with E-state index in [1.165, 1.54) is 0 Å². The van der Waals surface area contributed by atoms with Crippen molar-refractivity contribution in [3.63, 3.8) is 0 Å². The fourth-order valence-electron chi connectivity index (χ4n) is 2.53. The highest BCUT2D eigenvalue weighted by atomic mass is 35.5. The molecule has 0 aliphatic carbocycles. The first kappa shape index (κ1) is 17.4. The van der Waals surface area contributed by atoms with Gasteiger partial charge in [-0.2, -0.15) is 0 Å². The van der Waals surface area contributed by atoms with Crippen molar-refractivity contribution in [1.29, 1.82) is 0 Å². The Morgan fingerprint density at radius 2 is 1.80 bits per heavy atom. The highest BCUT2D eigenvalue weighted by Gasteiger charge is 2.20. The number of ether oxygens (including phenoxy) is 2. The Labute approximate surface area is 150 Å². The van der Waals surface area contributed by atoms with Gasteiger partial charge in [-0.3, -0.25) is 0 Å². The second-order valence-electron chi connectivity index (χ2n) is 5.59. The number of carbonyl (C=O) groups excluding carboxylic acids is 1. The lowest BCUT2D eigenvalue weighted by molar-refractivity contribution is 0.163. The van der Waals surface area contributed by atoms with Crippen LogP contribution in [0.15, 0.2) is 36.4 Å². The average molecular weight is 363 g/mol. The van der Waals surface area contributed by atoms with Gasteiger partial charge in [-0.05, 0) is 36.8 Å². The molecule has 1 aliphatic heterocycles. The number of carbonyl (C=O) groups is 1. The third-order valence-electron chi connectivity index (χ3n) is 3.81. The summed E-state index contributed by atoms with van der Waals surface area (Å²) in [6, 6.07) is 9.73. The molecular formula is C18H19ClN2O4. The number of aliphatic hydroxyl groups excluding tert-OH is 1. The number of halogens is 1. The summed E-state index contributed by atoms with van der Waals surface area (Å²) in [6.45, 7) is 2.76. The van der Waals surface area contributed by atoms with Gasteiger partial charge in [-0.1, -0.05) is 18.5 Å². The number of aliphatic hydroxyl groups is 1. The molecule has 0 aromatic heterocycles. The van der Waals surface area contributed by atoms with Gasteiger partial charge in [-0.25, -0.2) is 4.79 Å². The van der Waals surface area contributed by atoms with Crippen LogP contribution in [0.3, 0.4) is 0 Å². The van der Waals surface area contributed by atoms with Crippen LogP contribution in [0.5, 0.6) is 11.5 Å². The number of urea groups is 1. The molecule has 1 aliphatic rings. The minimum absolute atomic E-state index is 0.427. The molecule has 0 saturated carbocycles. The van der Waals surface area contributed by atoms with Crippen LogP contribution in [0.1, 0.15) is 25.0 Å². The molecule has 2 aromatic carbocycles. The molecule has 132 valence electrons. The van der Waals surface area contributed by atoms with E-state index in [9.17, 15) is 9.90 Å². The lowest BCUT2D eigenvalue weighted by atomic mass is 10.0. The molecule has 1 heterocycles. The van der Waals surface area contributed by atoms with Crippen molar-refractivity contribution in [3.05, 3.63) is 47.0 Å². The van der Waals surface area contributed by atoms with E-state index in [-0.39, 0.29) is 0 Å². The van der Waals surface area contributed by atoms with Gasteiger partial charge in [0.05, 0.1) is 11.8 Å². The molecule has 7 heteroatoms. The molecule has 3 rings (SSSR count). The normalized spacial score (nSPS) is 13.9. The van der Waals surface area contributed by atoms with Crippen LogP contribution in [0, 0.1) is 0 Å². The van der Waals surface area contributed by atoms with E-state index in [1.807, 2.05) is 6.92 Å². The van der Waals surface area contributed by atoms with Gasteiger partial charge in [0.2, 0.25) is 0 Å². The van der Waals surface area contributed by atoms with Gasteiger partial charge >= 0.3 is 6.03 Å². The maximum Gasteiger partial charge on any atom is 0.323 e. The van der Waals surface area contributed by atoms with Crippen molar-refractivity contribution < 1.29 is 19.4 Å². The van der Waals surface area contributed by atoms with E-state index in [2.05, 4.69) is 10.6 Å². The lowest BCUT2D eigenvalue weighted by Crippen LogP contribution is -2.22. The Morgan fingerprint density at radius 1 is 1.16 bits per heavy atom. The number of nitrogens with one attached hydrogen (secondary N) is 2. The Morgan fingerprint density at radius 3 is 2.44 bits per heavy atom. The van der Waals surface area contributed by atoms with Crippen LogP contribution in [-0.2, 0) is 0 Å². The highest BCUT2D eigenvalue weighted by Crippen LogP contribution is 2.38. The number of fused-ring (bicyclic) bond motifs is 1. The van der Waals surface area contributed by atoms with Crippen LogP contribution in [0.2, 0.25) is 5.02 Å². The van der Waals surface area contributed by atoms with Crippen LogP contribution >= 0.6 is 11.6 Å². The zero-order chi connectivity index (χ0) is 17.8. The molecule has 6 nitrogen and oxygen atoms in total. The predicted molar refractivity (Wildman–Crippen MR) is 96.8 cm³/mol. The Balaban J connectivity index is 1.82. The van der Waals surface area contributed by atoms with E-state index in [4.69, 9.17) is 21.1 Å². The van der Waals surface area contributed by atoms with Crippen molar-refractivity contribution in [1.82, 2.24) is 0 Å². The van der Waals surface area contributed by atoms with Crippen molar-refractivity contribution in [2.24, 2.45) is 0 Å². The van der Waals surface area contributed by atoms with Gasteiger partial charge in [0.25, 0.3) is 0 Å². The number of anilines is 2. The summed E-state index contributed by atoms with van der Waals surface area (Å²) in [5.41, 5.74) is 1.67. The van der Waals surface area contributed by atoms with E-state index >= 15 is 0 Å². The summed E-state index contributed by atoms with van der Waals surface area (Å²) < 4.78 is 11.1. The zero-order valence-electron chi connectivity index (χ0n) is 13.7. The van der Waals surface area contributed by atoms with Crippen LogP contribution in [0.25, 0.3) is 0 Å². The molecule has 0 spiro atoms. The summed E-state index contributed by atoms with van der Waals surface area (Å²) >= 11 is 5.84. The summed E-state index contributed by atoms with van der Waals surface area (Å²) in [4.78, 5) is 12.3. The molecule has 0 radical (unpaired) electrons. The largest absolute Gasteiger partial charge is 0.486 e.